The van der Waals surface area contributed by atoms with E-state index in [0.29, 0.717) is 0 Å². The molecule has 0 fully saturated rings. The minimum Gasteiger partial charge on any atom is -0.350 e. The van der Waals surface area contributed by atoms with Gasteiger partial charge in [0.2, 0.25) is 0 Å². The third kappa shape index (κ3) is 4.19. The highest BCUT2D eigenvalue weighted by atomic mass is 35.5. The van der Waals surface area contributed by atoms with Crippen LogP contribution in [0.15, 0.2) is 47.4 Å². The van der Waals surface area contributed by atoms with Crippen molar-refractivity contribution >= 4 is 27.3 Å². The van der Waals surface area contributed by atoms with Crippen LogP contribution in [-0.4, -0.2) is 25.6 Å². The molecule has 2 aromatic carbocycles. The van der Waals surface area contributed by atoms with Gasteiger partial charge in [-0.3, -0.25) is 4.79 Å². The van der Waals surface area contributed by atoms with Gasteiger partial charge in [0, 0.05) is 12.1 Å². The molecule has 0 aliphatic rings. The summed E-state index contributed by atoms with van der Waals surface area (Å²) in [4.78, 5) is 12.4. The maximum Gasteiger partial charge on any atom is 0.251 e. The van der Waals surface area contributed by atoms with Gasteiger partial charge in [-0.25, -0.2) is 12.8 Å². The van der Waals surface area contributed by atoms with Crippen molar-refractivity contribution in [3.8, 4) is 0 Å². The Morgan fingerprint density at radius 2 is 1.88 bits per heavy atom. The van der Waals surface area contributed by atoms with Gasteiger partial charge in [0.15, 0.2) is 9.84 Å². The zero-order valence-corrected chi connectivity index (χ0v) is 15.7. The number of rotatable bonds is 5. The average Bonchev–Trinajstić information content (AvgIpc) is 2.55. The molecule has 0 radical (unpaired) electrons. The van der Waals surface area contributed by atoms with E-state index in [9.17, 15) is 17.6 Å². The number of carbonyl (C=O) groups is 1. The van der Waals surface area contributed by atoms with E-state index in [-0.39, 0.29) is 22.0 Å². The molecule has 0 aliphatic heterocycles. The molecule has 0 unspecified atom stereocenters. The number of nitrogens with one attached hydrogen (secondary N) is 1. The van der Waals surface area contributed by atoms with E-state index in [1.165, 1.54) is 18.2 Å². The van der Waals surface area contributed by atoms with Crippen LogP contribution in [0.4, 0.5) is 4.39 Å². The van der Waals surface area contributed by atoms with Crippen LogP contribution in [0, 0.1) is 12.7 Å². The van der Waals surface area contributed by atoms with Crippen molar-refractivity contribution in [2.45, 2.75) is 30.4 Å². The maximum absolute atomic E-state index is 13.2. The van der Waals surface area contributed by atoms with E-state index in [1.807, 2.05) is 13.0 Å². The standard InChI is InChI=1S/C18H19ClFNO3S/c1-12-5-4-6-14(9-12)25(23,24)18(2,3)11-21-17(22)13-7-8-16(20)15(19)10-13/h4-10H,11H2,1-3H3,(H,21,22). The van der Waals surface area contributed by atoms with Crippen LogP contribution in [0.5, 0.6) is 0 Å². The van der Waals surface area contributed by atoms with Crippen molar-refractivity contribution in [1.29, 1.82) is 0 Å². The van der Waals surface area contributed by atoms with Gasteiger partial charge in [0.25, 0.3) is 5.91 Å². The Balaban J connectivity index is 2.17. The van der Waals surface area contributed by atoms with Crippen molar-refractivity contribution in [2.24, 2.45) is 0 Å². The summed E-state index contributed by atoms with van der Waals surface area (Å²) in [5.74, 6) is -1.14. The molecule has 1 amide bonds. The van der Waals surface area contributed by atoms with Crippen LogP contribution in [-0.2, 0) is 9.84 Å². The van der Waals surface area contributed by atoms with Gasteiger partial charge in [-0.05, 0) is 56.7 Å². The molecule has 4 nitrogen and oxygen atoms in total. The van der Waals surface area contributed by atoms with Crippen LogP contribution in [0.1, 0.15) is 29.8 Å². The van der Waals surface area contributed by atoms with E-state index in [0.717, 1.165) is 11.6 Å². The molecule has 0 aromatic heterocycles. The Morgan fingerprint density at radius 1 is 1.20 bits per heavy atom. The summed E-state index contributed by atoms with van der Waals surface area (Å²) >= 11 is 5.66. The molecule has 7 heteroatoms. The molecule has 0 bridgehead atoms. The molecule has 0 saturated carbocycles. The van der Waals surface area contributed by atoms with Crippen LogP contribution in [0.25, 0.3) is 0 Å². The van der Waals surface area contributed by atoms with E-state index >= 15 is 0 Å². The molecular formula is C18H19ClFNO3S. The molecule has 0 heterocycles. The Kier molecular flexibility index (Phi) is 5.54. The molecule has 2 rings (SSSR count). The fraction of sp³-hybridized carbons (Fsp3) is 0.278. The van der Waals surface area contributed by atoms with Crippen molar-refractivity contribution in [3.63, 3.8) is 0 Å². The second-order valence-corrected chi connectivity index (χ2v) is 9.38. The van der Waals surface area contributed by atoms with Gasteiger partial charge in [-0.2, -0.15) is 0 Å². The first kappa shape index (κ1) is 19.4. The van der Waals surface area contributed by atoms with Crippen LogP contribution in [0.3, 0.4) is 0 Å². The molecule has 0 saturated heterocycles. The molecule has 0 spiro atoms. The van der Waals surface area contributed by atoms with Gasteiger partial charge in [-0.15, -0.1) is 0 Å². The van der Waals surface area contributed by atoms with E-state index in [4.69, 9.17) is 11.6 Å². The highest BCUT2D eigenvalue weighted by Gasteiger charge is 2.36. The number of carbonyl (C=O) groups excluding carboxylic acids is 1. The summed E-state index contributed by atoms with van der Waals surface area (Å²) in [6.45, 7) is 4.80. The maximum atomic E-state index is 13.2. The number of aryl methyl sites for hydroxylation is 1. The van der Waals surface area contributed by atoms with E-state index in [1.54, 1.807) is 26.0 Å². The smallest absolute Gasteiger partial charge is 0.251 e. The summed E-state index contributed by atoms with van der Waals surface area (Å²) in [6, 6.07) is 10.2. The number of amides is 1. The summed E-state index contributed by atoms with van der Waals surface area (Å²) < 4.78 is 37.6. The SMILES string of the molecule is Cc1cccc(S(=O)(=O)C(C)(C)CNC(=O)c2ccc(F)c(Cl)c2)c1. The van der Waals surface area contributed by atoms with E-state index in [2.05, 4.69) is 5.32 Å². The van der Waals surface area contributed by atoms with Gasteiger partial charge in [0.1, 0.15) is 5.82 Å². The minimum atomic E-state index is -3.65. The average molecular weight is 384 g/mol. The zero-order valence-electron chi connectivity index (χ0n) is 14.1. The predicted octanol–water partition coefficient (Wildman–Crippen LogP) is 3.77. The zero-order chi connectivity index (χ0) is 18.8. The first-order valence-corrected chi connectivity index (χ1v) is 9.45. The second kappa shape index (κ2) is 7.14. The number of hydrogen-bond acceptors (Lipinski definition) is 3. The molecule has 0 aliphatic carbocycles. The van der Waals surface area contributed by atoms with Gasteiger partial charge in [0.05, 0.1) is 14.7 Å². The fourth-order valence-electron chi connectivity index (χ4n) is 2.23. The molecule has 2 aromatic rings. The summed E-state index contributed by atoms with van der Waals surface area (Å²) in [5.41, 5.74) is 0.997. The number of halogens is 2. The van der Waals surface area contributed by atoms with Crippen LogP contribution < -0.4 is 5.32 Å². The third-order valence-corrected chi connectivity index (χ3v) is 6.65. The first-order valence-electron chi connectivity index (χ1n) is 7.59. The largest absolute Gasteiger partial charge is 0.350 e. The monoisotopic (exact) mass is 383 g/mol. The second-order valence-electron chi connectivity index (χ2n) is 6.39. The Hall–Kier alpha value is -1.92. The normalized spacial score (nSPS) is 12.0. The summed E-state index contributed by atoms with van der Waals surface area (Å²) in [5, 5.41) is 2.41. The van der Waals surface area contributed by atoms with Gasteiger partial charge >= 0.3 is 0 Å². The fourth-order valence-corrected chi connectivity index (χ4v) is 3.91. The van der Waals surface area contributed by atoms with Crippen molar-refractivity contribution in [1.82, 2.24) is 5.32 Å². The minimum absolute atomic E-state index is 0.100. The van der Waals surface area contributed by atoms with Crippen molar-refractivity contribution in [2.75, 3.05) is 6.54 Å². The lowest BCUT2D eigenvalue weighted by Crippen LogP contribution is -2.44. The predicted molar refractivity (Wildman–Crippen MR) is 96.2 cm³/mol. The lowest BCUT2D eigenvalue weighted by molar-refractivity contribution is 0.0950. The number of benzene rings is 2. The summed E-state index contributed by atoms with van der Waals surface area (Å²) in [6.07, 6.45) is 0. The van der Waals surface area contributed by atoms with Crippen LogP contribution >= 0.6 is 11.6 Å². The molecule has 1 N–H and O–H groups in total. The Bertz CT molecular complexity index is 910. The van der Waals surface area contributed by atoms with Gasteiger partial charge in [-0.1, -0.05) is 23.7 Å². The molecule has 134 valence electrons. The van der Waals surface area contributed by atoms with E-state index < -0.39 is 26.3 Å². The summed E-state index contributed by atoms with van der Waals surface area (Å²) in [7, 11) is -3.65. The number of sulfone groups is 1. The Morgan fingerprint density at radius 3 is 2.48 bits per heavy atom. The lowest BCUT2D eigenvalue weighted by Gasteiger charge is -2.25. The topological polar surface area (TPSA) is 63.2 Å². The quantitative estimate of drug-likeness (QED) is 0.854. The molecule has 25 heavy (non-hydrogen) atoms. The third-order valence-electron chi connectivity index (χ3n) is 3.88. The lowest BCUT2D eigenvalue weighted by atomic mass is 10.1. The first-order chi connectivity index (χ1) is 11.5. The highest BCUT2D eigenvalue weighted by molar-refractivity contribution is 7.92. The molecular weight excluding hydrogens is 365 g/mol. The van der Waals surface area contributed by atoms with Crippen molar-refractivity contribution < 1.29 is 17.6 Å². The van der Waals surface area contributed by atoms with Gasteiger partial charge < -0.3 is 5.32 Å². The van der Waals surface area contributed by atoms with Crippen molar-refractivity contribution in [3.05, 3.63) is 64.4 Å². The molecule has 0 atom stereocenters. The number of hydrogen-bond donors (Lipinski definition) is 1. The Labute approximate surface area is 151 Å². The van der Waals surface area contributed by atoms with Crippen LogP contribution in [0.2, 0.25) is 5.02 Å². The highest BCUT2D eigenvalue weighted by Crippen LogP contribution is 2.25.